The molecule has 0 fully saturated rings. The van der Waals surface area contributed by atoms with Crippen molar-refractivity contribution in [2.75, 3.05) is 46.6 Å². The number of carbonyl (C=O) groups excluding carboxylic acids is 1. The minimum absolute atomic E-state index is 0.0965. The number of hydrogen-bond donors (Lipinski definition) is 1. The van der Waals surface area contributed by atoms with Crippen LogP contribution in [0.4, 0.5) is 5.82 Å². The van der Waals surface area contributed by atoms with Gasteiger partial charge < -0.3 is 15.1 Å². The van der Waals surface area contributed by atoms with Crippen LogP contribution in [0.25, 0.3) is 0 Å². The molecule has 0 aromatic carbocycles. The fourth-order valence-corrected chi connectivity index (χ4v) is 1.58. The van der Waals surface area contributed by atoms with Crippen LogP contribution in [-0.4, -0.2) is 62.0 Å². The number of halogens is 1. The zero-order valence-corrected chi connectivity index (χ0v) is 12.0. The third kappa shape index (κ3) is 3.85. The minimum atomic E-state index is -0.0965. The van der Waals surface area contributed by atoms with E-state index in [0.717, 1.165) is 6.54 Å². The summed E-state index contributed by atoms with van der Waals surface area (Å²) >= 11 is 6.01. The summed E-state index contributed by atoms with van der Waals surface area (Å²) in [4.78, 5) is 19.9. The van der Waals surface area contributed by atoms with Gasteiger partial charge in [0.2, 0.25) is 0 Å². The Balaban J connectivity index is 2.82. The topological polar surface area (TPSA) is 48.5 Å². The number of anilines is 1. The van der Waals surface area contributed by atoms with Crippen LogP contribution in [0.2, 0.25) is 5.02 Å². The van der Waals surface area contributed by atoms with Crippen molar-refractivity contribution in [2.24, 2.45) is 0 Å². The molecule has 0 atom stereocenters. The fourth-order valence-electron chi connectivity index (χ4n) is 1.40. The van der Waals surface area contributed by atoms with E-state index in [1.807, 2.05) is 19.0 Å². The molecule has 0 spiro atoms. The van der Waals surface area contributed by atoms with E-state index in [0.29, 0.717) is 22.9 Å². The molecule has 1 aromatic heterocycles. The van der Waals surface area contributed by atoms with Crippen molar-refractivity contribution in [3.05, 3.63) is 22.8 Å². The van der Waals surface area contributed by atoms with E-state index in [4.69, 9.17) is 11.6 Å². The summed E-state index contributed by atoms with van der Waals surface area (Å²) in [5, 5.41) is 3.26. The largest absolute Gasteiger partial charge is 0.373 e. The number of amides is 1. The van der Waals surface area contributed by atoms with Crippen molar-refractivity contribution in [3.8, 4) is 0 Å². The first-order valence-electron chi connectivity index (χ1n) is 5.69. The number of hydrogen-bond acceptors (Lipinski definition) is 4. The van der Waals surface area contributed by atoms with Gasteiger partial charge in [-0.3, -0.25) is 4.79 Å². The second-order valence-corrected chi connectivity index (χ2v) is 4.74. The molecule has 0 radical (unpaired) electrons. The van der Waals surface area contributed by atoms with Gasteiger partial charge in [0, 0.05) is 33.4 Å². The Bertz CT molecular complexity index is 423. The quantitative estimate of drug-likeness (QED) is 0.879. The Labute approximate surface area is 113 Å². The zero-order valence-electron chi connectivity index (χ0n) is 11.2. The normalized spacial score (nSPS) is 10.6. The van der Waals surface area contributed by atoms with Crippen molar-refractivity contribution in [1.29, 1.82) is 0 Å². The molecule has 1 amide bonds. The Hall–Kier alpha value is -1.33. The smallest absolute Gasteiger partial charge is 0.255 e. The van der Waals surface area contributed by atoms with Crippen LogP contribution in [0, 0.1) is 0 Å². The lowest BCUT2D eigenvalue weighted by Crippen LogP contribution is -2.33. The first-order valence-corrected chi connectivity index (χ1v) is 6.07. The van der Waals surface area contributed by atoms with Gasteiger partial charge in [-0.05, 0) is 20.2 Å². The molecule has 6 heteroatoms. The Morgan fingerprint density at radius 2 is 2.06 bits per heavy atom. The molecule has 0 aliphatic carbocycles. The Morgan fingerprint density at radius 3 is 2.61 bits per heavy atom. The van der Waals surface area contributed by atoms with Gasteiger partial charge in [-0.1, -0.05) is 11.6 Å². The molecule has 0 saturated carbocycles. The first kappa shape index (κ1) is 14.7. The lowest BCUT2D eigenvalue weighted by molar-refractivity contribution is 0.0786. The van der Waals surface area contributed by atoms with E-state index < -0.39 is 0 Å². The number of aromatic nitrogens is 1. The molecule has 0 aliphatic rings. The summed E-state index contributed by atoms with van der Waals surface area (Å²) in [6, 6.07) is 1.66. The molecular formula is C12H19ClN4O. The van der Waals surface area contributed by atoms with Gasteiger partial charge in [0.15, 0.2) is 0 Å². The third-order valence-corrected chi connectivity index (χ3v) is 2.87. The Kier molecular flexibility index (Phi) is 5.37. The molecule has 0 unspecified atom stereocenters. The van der Waals surface area contributed by atoms with Crippen molar-refractivity contribution in [1.82, 2.24) is 14.8 Å². The van der Waals surface area contributed by atoms with Crippen molar-refractivity contribution in [3.63, 3.8) is 0 Å². The summed E-state index contributed by atoms with van der Waals surface area (Å²) in [5.74, 6) is 0.532. The van der Waals surface area contributed by atoms with Gasteiger partial charge in [-0.25, -0.2) is 4.98 Å². The van der Waals surface area contributed by atoms with Gasteiger partial charge in [-0.2, -0.15) is 0 Å². The summed E-state index contributed by atoms with van der Waals surface area (Å²) in [6.45, 7) is 1.46. The van der Waals surface area contributed by atoms with E-state index in [9.17, 15) is 4.79 Å². The lowest BCUT2D eigenvalue weighted by Gasteiger charge is -2.20. The number of rotatable bonds is 5. The lowest BCUT2D eigenvalue weighted by atomic mass is 10.2. The molecule has 100 valence electrons. The van der Waals surface area contributed by atoms with E-state index in [2.05, 4.69) is 10.3 Å². The van der Waals surface area contributed by atoms with Crippen LogP contribution in [-0.2, 0) is 0 Å². The molecular weight excluding hydrogens is 252 g/mol. The van der Waals surface area contributed by atoms with Crippen LogP contribution >= 0.6 is 11.6 Å². The highest BCUT2D eigenvalue weighted by molar-refractivity contribution is 6.33. The predicted molar refractivity (Wildman–Crippen MR) is 74.3 cm³/mol. The SMILES string of the molecule is CNc1cc(C(=O)N(C)CCN(C)C)c(Cl)cn1. The Morgan fingerprint density at radius 1 is 1.39 bits per heavy atom. The van der Waals surface area contributed by atoms with Gasteiger partial charge in [0.25, 0.3) is 5.91 Å². The average Bonchev–Trinajstić information content (AvgIpc) is 2.35. The molecule has 5 nitrogen and oxygen atoms in total. The van der Waals surface area contributed by atoms with Crippen LogP contribution in [0.15, 0.2) is 12.3 Å². The molecule has 0 bridgehead atoms. The standard InChI is InChI=1S/C12H19ClN4O/c1-14-11-7-9(10(13)8-15-11)12(18)17(4)6-5-16(2)3/h7-8H,5-6H2,1-4H3,(H,14,15). The van der Waals surface area contributed by atoms with Gasteiger partial charge in [0.1, 0.15) is 5.82 Å². The maximum Gasteiger partial charge on any atom is 0.255 e. The van der Waals surface area contributed by atoms with Crippen LogP contribution < -0.4 is 5.32 Å². The molecule has 1 rings (SSSR count). The summed E-state index contributed by atoms with van der Waals surface area (Å²) in [6.07, 6.45) is 1.49. The van der Waals surface area contributed by atoms with E-state index in [1.165, 1.54) is 6.20 Å². The average molecular weight is 271 g/mol. The monoisotopic (exact) mass is 270 g/mol. The maximum atomic E-state index is 12.2. The summed E-state index contributed by atoms with van der Waals surface area (Å²) in [7, 11) is 7.45. The highest BCUT2D eigenvalue weighted by Gasteiger charge is 2.16. The maximum absolute atomic E-state index is 12.2. The molecule has 0 aliphatic heterocycles. The third-order valence-electron chi connectivity index (χ3n) is 2.57. The molecule has 18 heavy (non-hydrogen) atoms. The highest BCUT2D eigenvalue weighted by Crippen LogP contribution is 2.19. The van der Waals surface area contributed by atoms with E-state index in [-0.39, 0.29) is 5.91 Å². The highest BCUT2D eigenvalue weighted by atomic mass is 35.5. The minimum Gasteiger partial charge on any atom is -0.373 e. The molecule has 1 N–H and O–H groups in total. The van der Waals surface area contributed by atoms with Crippen LogP contribution in [0.3, 0.4) is 0 Å². The van der Waals surface area contributed by atoms with Gasteiger partial charge >= 0.3 is 0 Å². The molecule has 1 heterocycles. The summed E-state index contributed by atoms with van der Waals surface area (Å²) < 4.78 is 0. The van der Waals surface area contributed by atoms with Crippen LogP contribution in [0.1, 0.15) is 10.4 Å². The molecule has 1 aromatic rings. The summed E-state index contributed by atoms with van der Waals surface area (Å²) in [5.41, 5.74) is 0.470. The number of likely N-dealkylation sites (N-methyl/N-ethyl adjacent to an activating group) is 2. The van der Waals surface area contributed by atoms with E-state index in [1.54, 1.807) is 25.1 Å². The van der Waals surface area contributed by atoms with E-state index >= 15 is 0 Å². The second-order valence-electron chi connectivity index (χ2n) is 4.33. The number of pyridine rings is 1. The van der Waals surface area contributed by atoms with Crippen molar-refractivity contribution < 1.29 is 4.79 Å². The van der Waals surface area contributed by atoms with Gasteiger partial charge in [0.05, 0.1) is 10.6 Å². The number of nitrogens with zero attached hydrogens (tertiary/aromatic N) is 3. The van der Waals surface area contributed by atoms with Gasteiger partial charge in [-0.15, -0.1) is 0 Å². The zero-order chi connectivity index (χ0) is 13.7. The second kappa shape index (κ2) is 6.56. The van der Waals surface area contributed by atoms with Crippen molar-refractivity contribution in [2.45, 2.75) is 0 Å². The van der Waals surface area contributed by atoms with Crippen molar-refractivity contribution >= 4 is 23.3 Å². The number of nitrogens with one attached hydrogen (secondary N) is 1. The number of carbonyl (C=O) groups is 1. The predicted octanol–water partition coefficient (Wildman–Crippen LogP) is 1.41. The fraction of sp³-hybridized carbons (Fsp3) is 0.500. The molecule has 0 saturated heterocycles. The van der Waals surface area contributed by atoms with Crippen LogP contribution in [0.5, 0.6) is 0 Å². The first-order chi connectivity index (χ1) is 8.45.